The lowest BCUT2D eigenvalue weighted by atomic mass is 10.2. The Balaban J connectivity index is 1.80. The van der Waals surface area contributed by atoms with Gasteiger partial charge in [0.2, 0.25) is 5.88 Å². The number of benzene rings is 2. The average Bonchev–Trinajstić information content (AvgIpc) is 2.66. The van der Waals surface area contributed by atoms with Crippen LogP contribution in [-0.4, -0.2) is 24.2 Å². The number of halogens is 3. The fourth-order valence-electron chi connectivity index (χ4n) is 2.52. The van der Waals surface area contributed by atoms with E-state index in [0.717, 1.165) is 18.4 Å². The van der Waals surface area contributed by atoms with Gasteiger partial charge in [-0.25, -0.2) is 22.2 Å². The van der Waals surface area contributed by atoms with Crippen molar-refractivity contribution in [1.82, 2.24) is 9.55 Å². The van der Waals surface area contributed by atoms with Crippen molar-refractivity contribution in [3.8, 4) is 5.88 Å². The van der Waals surface area contributed by atoms with Crippen LogP contribution in [0, 0.1) is 11.6 Å². The molecule has 0 unspecified atom stereocenters. The second-order valence-corrected chi connectivity index (χ2v) is 8.63. The third-order valence-corrected chi connectivity index (χ3v) is 5.44. The predicted octanol–water partition coefficient (Wildman–Crippen LogP) is 3.21. The van der Waals surface area contributed by atoms with Gasteiger partial charge in [-0.05, 0) is 29.8 Å². The van der Waals surface area contributed by atoms with Crippen LogP contribution in [0.1, 0.15) is 11.1 Å². The molecule has 0 aliphatic rings. The van der Waals surface area contributed by atoms with E-state index in [-0.39, 0.29) is 34.5 Å². The number of ether oxygens (including phenoxy) is 1. The van der Waals surface area contributed by atoms with Gasteiger partial charge in [0.25, 0.3) is 5.56 Å². The third-order valence-electron chi connectivity index (χ3n) is 4.01. The highest BCUT2D eigenvalue weighted by Crippen LogP contribution is 2.19. The van der Waals surface area contributed by atoms with E-state index < -0.39 is 27.0 Å². The van der Waals surface area contributed by atoms with Gasteiger partial charge >= 0.3 is 0 Å². The summed E-state index contributed by atoms with van der Waals surface area (Å²) in [4.78, 5) is 16.6. The molecule has 3 rings (SSSR count). The zero-order valence-corrected chi connectivity index (χ0v) is 16.7. The minimum Gasteiger partial charge on any atom is -0.471 e. The summed E-state index contributed by atoms with van der Waals surface area (Å²) < 4.78 is 56.4. The van der Waals surface area contributed by atoms with E-state index in [9.17, 15) is 22.0 Å². The van der Waals surface area contributed by atoms with Crippen LogP contribution >= 0.6 is 11.6 Å². The fraction of sp³-hybridized carbons (Fsp3) is 0.158. The SMILES string of the molecule is CS(=O)(=O)c1cccc(Cn2cnc(OCc3ccc(F)cc3F)c(Cl)c2=O)c1. The number of rotatable bonds is 6. The average molecular weight is 441 g/mol. The van der Waals surface area contributed by atoms with Crippen molar-refractivity contribution in [3.05, 3.63) is 86.9 Å². The van der Waals surface area contributed by atoms with Gasteiger partial charge in [0.1, 0.15) is 24.6 Å². The molecular formula is C19H15ClF2N2O4S. The van der Waals surface area contributed by atoms with Gasteiger partial charge in [-0.2, -0.15) is 0 Å². The Morgan fingerprint density at radius 1 is 1.17 bits per heavy atom. The number of hydrogen-bond donors (Lipinski definition) is 0. The van der Waals surface area contributed by atoms with Crippen LogP contribution < -0.4 is 10.3 Å². The molecular weight excluding hydrogens is 426 g/mol. The molecule has 1 heterocycles. The molecule has 3 aromatic rings. The minimum absolute atomic E-state index is 0.0434. The van der Waals surface area contributed by atoms with E-state index in [1.165, 1.54) is 29.1 Å². The lowest BCUT2D eigenvalue weighted by molar-refractivity contribution is 0.286. The first-order valence-corrected chi connectivity index (χ1v) is 10.5. The van der Waals surface area contributed by atoms with Crippen molar-refractivity contribution in [1.29, 1.82) is 0 Å². The smallest absolute Gasteiger partial charge is 0.276 e. The lowest BCUT2D eigenvalue weighted by Gasteiger charge is -2.11. The molecule has 0 N–H and O–H groups in total. The zero-order chi connectivity index (χ0) is 21.2. The first-order valence-electron chi connectivity index (χ1n) is 8.26. The Hall–Kier alpha value is -2.78. The zero-order valence-electron chi connectivity index (χ0n) is 15.1. The monoisotopic (exact) mass is 440 g/mol. The number of hydrogen-bond acceptors (Lipinski definition) is 5. The molecule has 0 saturated carbocycles. The van der Waals surface area contributed by atoms with Gasteiger partial charge in [-0.15, -0.1) is 0 Å². The van der Waals surface area contributed by atoms with Gasteiger partial charge < -0.3 is 4.74 Å². The summed E-state index contributed by atoms with van der Waals surface area (Å²) in [5.41, 5.74) is 0.0296. The summed E-state index contributed by atoms with van der Waals surface area (Å²) in [5, 5.41) is -0.311. The molecule has 0 radical (unpaired) electrons. The van der Waals surface area contributed by atoms with Crippen LogP contribution in [0.3, 0.4) is 0 Å². The van der Waals surface area contributed by atoms with Gasteiger partial charge in [-0.1, -0.05) is 23.7 Å². The van der Waals surface area contributed by atoms with Crippen molar-refractivity contribution in [3.63, 3.8) is 0 Å². The molecule has 2 aromatic carbocycles. The second-order valence-electron chi connectivity index (χ2n) is 6.24. The van der Waals surface area contributed by atoms with Crippen LogP contribution in [-0.2, 0) is 23.0 Å². The van der Waals surface area contributed by atoms with Crippen LogP contribution in [0.5, 0.6) is 5.88 Å². The topological polar surface area (TPSA) is 78.3 Å². The van der Waals surface area contributed by atoms with E-state index in [1.54, 1.807) is 12.1 Å². The van der Waals surface area contributed by atoms with Gasteiger partial charge in [0.15, 0.2) is 14.9 Å². The third kappa shape index (κ3) is 4.99. The Morgan fingerprint density at radius 3 is 2.62 bits per heavy atom. The first-order chi connectivity index (χ1) is 13.6. The largest absolute Gasteiger partial charge is 0.471 e. The molecule has 0 amide bonds. The highest BCUT2D eigenvalue weighted by Gasteiger charge is 2.14. The number of nitrogens with zero attached hydrogens (tertiary/aromatic N) is 2. The standard InChI is InChI=1S/C19H15ClF2N2O4S/c1-29(26,27)15-4-2-3-12(7-15)9-24-11-23-18(17(20)19(24)25)28-10-13-5-6-14(21)8-16(13)22/h2-8,11H,9-10H2,1H3. The molecule has 0 bridgehead atoms. The van der Waals surface area contributed by atoms with Crippen molar-refractivity contribution in [2.45, 2.75) is 18.0 Å². The molecule has 0 aliphatic carbocycles. The Bertz CT molecular complexity index is 1230. The summed E-state index contributed by atoms with van der Waals surface area (Å²) in [7, 11) is -3.39. The molecule has 0 fully saturated rings. The summed E-state index contributed by atoms with van der Waals surface area (Å²) in [6.45, 7) is -0.250. The Kier molecular flexibility index (Phi) is 5.99. The predicted molar refractivity (Wildman–Crippen MR) is 103 cm³/mol. The van der Waals surface area contributed by atoms with Crippen LogP contribution in [0.4, 0.5) is 8.78 Å². The number of aromatic nitrogens is 2. The van der Waals surface area contributed by atoms with Crippen LogP contribution in [0.25, 0.3) is 0 Å². The lowest BCUT2D eigenvalue weighted by Crippen LogP contribution is -2.22. The summed E-state index contributed by atoms with van der Waals surface area (Å²) >= 11 is 6.03. The molecule has 0 spiro atoms. The minimum atomic E-state index is -3.39. The summed E-state index contributed by atoms with van der Waals surface area (Å²) in [6, 6.07) is 9.16. The first kappa shape index (κ1) is 20.9. The van der Waals surface area contributed by atoms with Gasteiger partial charge in [0, 0.05) is 17.9 Å². The summed E-state index contributed by atoms with van der Waals surface area (Å²) in [5.74, 6) is -1.70. The second kappa shape index (κ2) is 8.30. The molecule has 0 atom stereocenters. The number of sulfone groups is 1. The van der Waals surface area contributed by atoms with E-state index in [2.05, 4.69) is 4.98 Å². The van der Waals surface area contributed by atoms with Crippen molar-refractivity contribution < 1.29 is 21.9 Å². The quantitative estimate of drug-likeness (QED) is 0.588. The highest BCUT2D eigenvalue weighted by atomic mass is 35.5. The van der Waals surface area contributed by atoms with Crippen molar-refractivity contribution in [2.24, 2.45) is 0 Å². The van der Waals surface area contributed by atoms with Gasteiger partial charge in [0.05, 0.1) is 11.4 Å². The Labute approximate surface area is 170 Å². The maximum absolute atomic E-state index is 13.7. The highest BCUT2D eigenvalue weighted by molar-refractivity contribution is 7.90. The maximum atomic E-state index is 13.7. The molecule has 0 aliphatic heterocycles. The maximum Gasteiger partial charge on any atom is 0.276 e. The van der Waals surface area contributed by atoms with E-state index >= 15 is 0 Å². The molecule has 1 aromatic heterocycles. The molecule has 0 saturated heterocycles. The van der Waals surface area contributed by atoms with E-state index in [1.807, 2.05) is 0 Å². The molecule has 29 heavy (non-hydrogen) atoms. The fourth-order valence-corrected chi connectivity index (χ4v) is 3.42. The van der Waals surface area contributed by atoms with E-state index in [4.69, 9.17) is 16.3 Å². The van der Waals surface area contributed by atoms with E-state index in [0.29, 0.717) is 5.56 Å². The van der Waals surface area contributed by atoms with Crippen molar-refractivity contribution >= 4 is 21.4 Å². The Morgan fingerprint density at radius 2 is 1.93 bits per heavy atom. The van der Waals surface area contributed by atoms with Crippen LogP contribution in [0.2, 0.25) is 5.02 Å². The molecule has 6 nitrogen and oxygen atoms in total. The van der Waals surface area contributed by atoms with Crippen LogP contribution in [0.15, 0.2) is 58.5 Å². The van der Waals surface area contributed by atoms with Crippen molar-refractivity contribution in [2.75, 3.05) is 6.26 Å². The summed E-state index contributed by atoms with van der Waals surface area (Å²) in [6.07, 6.45) is 2.28. The molecule has 152 valence electrons. The van der Waals surface area contributed by atoms with Gasteiger partial charge in [-0.3, -0.25) is 9.36 Å². The normalized spacial score (nSPS) is 11.4. The molecule has 10 heteroatoms.